The Labute approximate surface area is 196 Å². The number of allylic oxidation sites excluding steroid dienone is 1. The van der Waals surface area contributed by atoms with E-state index in [1.807, 2.05) is 0 Å². The molecule has 1 amide bonds. The molecular formula is C24H26F2N4O4. The summed E-state index contributed by atoms with van der Waals surface area (Å²) in [7, 11) is 1.49. The maximum atomic E-state index is 13.8. The van der Waals surface area contributed by atoms with E-state index in [-0.39, 0.29) is 24.4 Å². The monoisotopic (exact) mass is 472 g/mol. The van der Waals surface area contributed by atoms with Gasteiger partial charge in [0.25, 0.3) is 5.91 Å². The minimum Gasteiger partial charge on any atom is -0.496 e. The Kier molecular flexibility index (Phi) is 7.36. The van der Waals surface area contributed by atoms with E-state index >= 15 is 0 Å². The number of hydrogen-bond acceptors (Lipinski definition) is 7. The normalized spacial score (nSPS) is 17.2. The van der Waals surface area contributed by atoms with Crippen LogP contribution >= 0.6 is 0 Å². The Morgan fingerprint density at radius 3 is 2.79 bits per heavy atom. The van der Waals surface area contributed by atoms with Crippen molar-refractivity contribution in [2.24, 2.45) is 0 Å². The van der Waals surface area contributed by atoms with E-state index < -0.39 is 11.6 Å². The standard InChI is InChI=1S/C24H26F2N4O4/c1-33-22-3-2-16(25)12-19(22)20(6-11-31)27-7-10-29-8-4-18(5-9-29)30-21-13-17(26)14-28-24(21)34-15-23(30)32/h2-3,6,11-14,18,27H,4-5,7-10,15H2,1H3/b20-6+. The van der Waals surface area contributed by atoms with Gasteiger partial charge in [-0.1, -0.05) is 0 Å². The number of fused-ring (bicyclic) bond motifs is 1. The first kappa shape index (κ1) is 23.6. The maximum absolute atomic E-state index is 13.8. The lowest BCUT2D eigenvalue weighted by molar-refractivity contribution is -0.122. The van der Waals surface area contributed by atoms with Crippen molar-refractivity contribution in [2.75, 3.05) is 44.8 Å². The van der Waals surface area contributed by atoms with E-state index in [2.05, 4.69) is 15.2 Å². The van der Waals surface area contributed by atoms with E-state index in [9.17, 15) is 18.4 Å². The topological polar surface area (TPSA) is 84.0 Å². The molecule has 10 heteroatoms. The molecule has 1 saturated heterocycles. The molecule has 2 aromatic rings. The van der Waals surface area contributed by atoms with Crippen LogP contribution in [0.3, 0.4) is 0 Å². The fourth-order valence-corrected chi connectivity index (χ4v) is 4.39. The number of carbonyl (C=O) groups excluding carboxylic acids is 2. The van der Waals surface area contributed by atoms with Gasteiger partial charge in [-0.15, -0.1) is 0 Å². The van der Waals surface area contributed by atoms with Gasteiger partial charge in [-0.2, -0.15) is 0 Å². The number of hydrogen-bond donors (Lipinski definition) is 1. The number of ether oxygens (including phenoxy) is 2. The molecule has 1 aromatic heterocycles. The molecule has 1 aromatic carbocycles. The third-order valence-electron chi connectivity index (χ3n) is 6.01. The van der Waals surface area contributed by atoms with Gasteiger partial charge >= 0.3 is 0 Å². The lowest BCUT2D eigenvalue weighted by Gasteiger charge is -2.40. The zero-order chi connectivity index (χ0) is 24.1. The predicted molar refractivity (Wildman–Crippen MR) is 122 cm³/mol. The smallest absolute Gasteiger partial charge is 0.265 e. The largest absolute Gasteiger partial charge is 0.496 e. The molecule has 1 fully saturated rings. The van der Waals surface area contributed by atoms with Gasteiger partial charge in [0.15, 0.2) is 6.61 Å². The molecule has 3 heterocycles. The van der Waals surface area contributed by atoms with E-state index in [1.165, 1.54) is 37.5 Å². The quantitative estimate of drug-likeness (QED) is 0.467. The molecule has 2 aliphatic rings. The summed E-state index contributed by atoms with van der Waals surface area (Å²) < 4.78 is 38.1. The fraction of sp³-hybridized carbons (Fsp3) is 0.375. The maximum Gasteiger partial charge on any atom is 0.265 e. The van der Waals surface area contributed by atoms with Crippen LogP contribution in [-0.4, -0.2) is 68.0 Å². The van der Waals surface area contributed by atoms with Crippen LogP contribution in [0.2, 0.25) is 0 Å². The average Bonchev–Trinajstić information content (AvgIpc) is 2.84. The molecule has 0 aliphatic carbocycles. The number of aromatic nitrogens is 1. The lowest BCUT2D eigenvalue weighted by atomic mass is 10.0. The Bertz CT molecular complexity index is 1090. The molecule has 180 valence electrons. The highest BCUT2D eigenvalue weighted by atomic mass is 19.1. The Morgan fingerprint density at radius 2 is 2.06 bits per heavy atom. The van der Waals surface area contributed by atoms with Crippen molar-refractivity contribution >= 4 is 23.6 Å². The fourth-order valence-electron chi connectivity index (χ4n) is 4.39. The lowest BCUT2D eigenvalue weighted by Crippen LogP contribution is -2.51. The van der Waals surface area contributed by atoms with E-state index in [1.54, 1.807) is 4.90 Å². The number of anilines is 1. The van der Waals surface area contributed by atoms with Crippen LogP contribution in [0.15, 0.2) is 36.5 Å². The van der Waals surface area contributed by atoms with E-state index in [0.29, 0.717) is 42.1 Å². The van der Waals surface area contributed by atoms with Gasteiger partial charge in [-0.25, -0.2) is 13.8 Å². The molecule has 4 rings (SSSR count). The van der Waals surface area contributed by atoms with Gasteiger partial charge in [0.05, 0.1) is 13.3 Å². The number of halogens is 2. The second-order valence-electron chi connectivity index (χ2n) is 8.09. The molecule has 0 spiro atoms. The zero-order valence-electron chi connectivity index (χ0n) is 18.8. The second kappa shape index (κ2) is 10.6. The number of rotatable bonds is 8. The van der Waals surface area contributed by atoms with E-state index in [4.69, 9.17) is 9.47 Å². The molecule has 1 N–H and O–H groups in total. The van der Waals surface area contributed by atoms with Crippen LogP contribution in [0.5, 0.6) is 11.6 Å². The molecule has 0 atom stereocenters. The van der Waals surface area contributed by atoms with Gasteiger partial charge in [-0.05, 0) is 31.0 Å². The number of aldehydes is 1. The number of benzene rings is 1. The molecule has 0 bridgehead atoms. The van der Waals surface area contributed by atoms with E-state index in [0.717, 1.165) is 32.1 Å². The Hall–Kier alpha value is -3.53. The first-order valence-corrected chi connectivity index (χ1v) is 11.1. The van der Waals surface area contributed by atoms with Gasteiger partial charge in [0, 0.05) is 55.6 Å². The van der Waals surface area contributed by atoms with Crippen LogP contribution in [-0.2, 0) is 9.59 Å². The first-order valence-electron chi connectivity index (χ1n) is 11.1. The number of methoxy groups -OCH3 is 1. The molecule has 0 unspecified atom stereocenters. The van der Waals surface area contributed by atoms with Crippen molar-refractivity contribution in [3.63, 3.8) is 0 Å². The number of nitrogens with zero attached hydrogens (tertiary/aromatic N) is 3. The average molecular weight is 472 g/mol. The molecule has 34 heavy (non-hydrogen) atoms. The highest BCUT2D eigenvalue weighted by molar-refractivity contribution is 5.97. The summed E-state index contributed by atoms with van der Waals surface area (Å²) in [5.74, 6) is -0.405. The molecule has 8 nitrogen and oxygen atoms in total. The third kappa shape index (κ3) is 5.17. The van der Waals surface area contributed by atoms with Crippen molar-refractivity contribution in [1.29, 1.82) is 0 Å². The number of pyridine rings is 1. The van der Waals surface area contributed by atoms with Gasteiger partial charge in [-0.3, -0.25) is 9.59 Å². The first-order chi connectivity index (χ1) is 16.5. The predicted octanol–water partition coefficient (Wildman–Crippen LogP) is 2.39. The number of amides is 1. The van der Waals surface area contributed by atoms with Gasteiger partial charge in [0.1, 0.15) is 29.4 Å². The number of piperidine rings is 1. The summed E-state index contributed by atoms with van der Waals surface area (Å²) in [5, 5.41) is 3.20. The Morgan fingerprint density at radius 1 is 1.26 bits per heavy atom. The summed E-state index contributed by atoms with van der Waals surface area (Å²) in [6.07, 6.45) is 4.51. The van der Waals surface area contributed by atoms with Gasteiger partial charge < -0.3 is 24.6 Å². The number of likely N-dealkylation sites (tertiary alicyclic amines) is 1. The molecular weight excluding hydrogens is 446 g/mol. The molecule has 2 aliphatic heterocycles. The second-order valence-corrected chi connectivity index (χ2v) is 8.09. The summed E-state index contributed by atoms with van der Waals surface area (Å²) in [5.41, 5.74) is 1.33. The SMILES string of the molecule is COc1ccc(F)cc1/C(=C\C=O)NCCN1CCC(N2C(=O)COc3ncc(F)cc32)CC1. The van der Waals surface area contributed by atoms with Crippen molar-refractivity contribution < 1.29 is 27.8 Å². The highest BCUT2D eigenvalue weighted by Gasteiger charge is 2.34. The minimum atomic E-state index is -0.514. The summed E-state index contributed by atoms with van der Waals surface area (Å²) in [6, 6.07) is 5.36. The van der Waals surface area contributed by atoms with Gasteiger partial charge in [0.2, 0.25) is 5.88 Å². The van der Waals surface area contributed by atoms with Crippen LogP contribution in [0, 0.1) is 11.6 Å². The number of nitrogens with one attached hydrogen (secondary N) is 1. The minimum absolute atomic E-state index is 0.0648. The van der Waals surface area contributed by atoms with Crippen LogP contribution in [0.25, 0.3) is 5.70 Å². The number of carbonyl (C=O) groups is 2. The molecule has 0 radical (unpaired) electrons. The van der Waals surface area contributed by atoms with Crippen LogP contribution < -0.4 is 19.7 Å². The van der Waals surface area contributed by atoms with Crippen LogP contribution in [0.4, 0.5) is 14.5 Å². The molecule has 0 saturated carbocycles. The summed E-state index contributed by atoms with van der Waals surface area (Å²) in [6.45, 7) is 2.59. The van der Waals surface area contributed by atoms with Crippen molar-refractivity contribution in [2.45, 2.75) is 18.9 Å². The zero-order valence-corrected chi connectivity index (χ0v) is 18.8. The van der Waals surface area contributed by atoms with Crippen LogP contribution in [0.1, 0.15) is 18.4 Å². The van der Waals surface area contributed by atoms with Crippen molar-refractivity contribution in [3.05, 3.63) is 53.7 Å². The Balaban J connectivity index is 1.34. The summed E-state index contributed by atoms with van der Waals surface area (Å²) in [4.78, 5) is 31.5. The third-order valence-corrected chi connectivity index (χ3v) is 6.01. The summed E-state index contributed by atoms with van der Waals surface area (Å²) >= 11 is 0. The highest BCUT2D eigenvalue weighted by Crippen LogP contribution is 2.34. The van der Waals surface area contributed by atoms with Crippen molar-refractivity contribution in [3.8, 4) is 11.6 Å². The van der Waals surface area contributed by atoms with Crippen molar-refractivity contribution in [1.82, 2.24) is 15.2 Å².